The second kappa shape index (κ2) is 7.71. The monoisotopic (exact) mass is 417 g/mol. The van der Waals surface area contributed by atoms with Gasteiger partial charge in [0, 0.05) is 12.4 Å². The molecule has 158 valence electrons. The highest BCUT2D eigenvalue weighted by atomic mass is 16.2. The summed E-state index contributed by atoms with van der Waals surface area (Å²) in [6, 6.07) is 15.8. The first kappa shape index (κ1) is 20.3. The minimum atomic E-state index is -0.545. The molecule has 0 unspecified atom stereocenters. The number of fused-ring (bicyclic) bond motifs is 1. The number of amides is 1. The van der Waals surface area contributed by atoms with Gasteiger partial charge in [-0.2, -0.15) is 5.10 Å². The summed E-state index contributed by atoms with van der Waals surface area (Å²) in [5.74, 6) is -0.545. The quantitative estimate of drug-likeness (QED) is 0.553. The van der Waals surface area contributed by atoms with E-state index in [9.17, 15) is 14.4 Å². The third kappa shape index (κ3) is 3.35. The number of hydrogen-bond acceptors (Lipinski definition) is 4. The van der Waals surface area contributed by atoms with E-state index in [0.29, 0.717) is 22.2 Å². The topological polar surface area (TPSA) is 90.9 Å². The number of carbonyl (C=O) groups excluding carboxylic acids is 1. The Morgan fingerprint density at radius 2 is 1.55 bits per heavy atom. The van der Waals surface area contributed by atoms with Crippen LogP contribution in [0, 0.1) is 6.92 Å². The molecule has 0 aliphatic carbocycles. The lowest BCUT2D eigenvalue weighted by Gasteiger charge is -2.13. The SMILES string of the molecule is Cc1c(NC(=O)c2nn(C(C)C)c(=O)c3ccccc23)c(=O)n(-c2ccccc2)n1C. The van der Waals surface area contributed by atoms with Gasteiger partial charge in [-0.15, -0.1) is 0 Å². The van der Waals surface area contributed by atoms with Crippen LogP contribution in [-0.2, 0) is 7.05 Å². The summed E-state index contributed by atoms with van der Waals surface area (Å²) in [6.07, 6.45) is 0. The van der Waals surface area contributed by atoms with Crippen molar-refractivity contribution in [1.29, 1.82) is 0 Å². The van der Waals surface area contributed by atoms with Crippen LogP contribution in [0.1, 0.15) is 36.1 Å². The van der Waals surface area contributed by atoms with Crippen molar-refractivity contribution in [2.45, 2.75) is 26.8 Å². The van der Waals surface area contributed by atoms with Crippen LogP contribution in [0.25, 0.3) is 16.5 Å². The predicted molar refractivity (Wildman–Crippen MR) is 120 cm³/mol. The van der Waals surface area contributed by atoms with E-state index in [1.165, 1.54) is 9.36 Å². The van der Waals surface area contributed by atoms with E-state index in [4.69, 9.17) is 0 Å². The normalized spacial score (nSPS) is 11.3. The van der Waals surface area contributed by atoms with Gasteiger partial charge in [0.25, 0.3) is 17.0 Å². The summed E-state index contributed by atoms with van der Waals surface area (Å²) in [4.78, 5) is 39.1. The first-order chi connectivity index (χ1) is 14.8. The van der Waals surface area contributed by atoms with Crippen molar-refractivity contribution < 1.29 is 4.79 Å². The Hall–Kier alpha value is -3.94. The van der Waals surface area contributed by atoms with Crippen LogP contribution in [0.2, 0.25) is 0 Å². The van der Waals surface area contributed by atoms with E-state index in [2.05, 4.69) is 10.4 Å². The number of hydrogen-bond donors (Lipinski definition) is 1. The van der Waals surface area contributed by atoms with E-state index < -0.39 is 5.91 Å². The highest BCUT2D eigenvalue weighted by Crippen LogP contribution is 2.18. The molecule has 0 fully saturated rings. The highest BCUT2D eigenvalue weighted by Gasteiger charge is 2.22. The van der Waals surface area contributed by atoms with Crippen molar-refractivity contribution in [2.24, 2.45) is 7.05 Å². The lowest BCUT2D eigenvalue weighted by molar-refractivity contribution is 0.102. The van der Waals surface area contributed by atoms with Crippen molar-refractivity contribution in [3.63, 3.8) is 0 Å². The molecular weight excluding hydrogens is 394 g/mol. The number of anilines is 1. The summed E-state index contributed by atoms with van der Waals surface area (Å²) < 4.78 is 4.47. The maximum Gasteiger partial charge on any atom is 0.295 e. The van der Waals surface area contributed by atoms with Gasteiger partial charge in [0.1, 0.15) is 5.69 Å². The third-order valence-electron chi connectivity index (χ3n) is 5.33. The first-order valence-corrected chi connectivity index (χ1v) is 9.98. The number of aromatic nitrogens is 4. The van der Waals surface area contributed by atoms with Crippen LogP contribution in [0.5, 0.6) is 0 Å². The molecule has 2 aromatic carbocycles. The minimum absolute atomic E-state index is 0.0952. The standard InChI is InChI=1S/C23H23N5O3/c1-14(2)27-22(30)18-13-9-8-12-17(18)20(25-27)21(29)24-19-15(3)26(4)28(23(19)31)16-10-6-5-7-11-16/h5-14H,1-4H3,(H,24,29). The lowest BCUT2D eigenvalue weighted by Crippen LogP contribution is -2.29. The van der Waals surface area contributed by atoms with E-state index in [0.717, 1.165) is 0 Å². The fourth-order valence-electron chi connectivity index (χ4n) is 3.61. The van der Waals surface area contributed by atoms with Gasteiger partial charge in [0.05, 0.1) is 22.8 Å². The van der Waals surface area contributed by atoms with Gasteiger partial charge in [-0.05, 0) is 39.0 Å². The molecule has 2 aromatic heterocycles. The molecule has 8 nitrogen and oxygen atoms in total. The van der Waals surface area contributed by atoms with Gasteiger partial charge in [0.2, 0.25) is 0 Å². The van der Waals surface area contributed by atoms with Crippen molar-refractivity contribution in [3.05, 3.63) is 86.7 Å². The first-order valence-electron chi connectivity index (χ1n) is 9.98. The van der Waals surface area contributed by atoms with E-state index in [-0.39, 0.29) is 28.5 Å². The summed E-state index contributed by atoms with van der Waals surface area (Å²) in [5, 5.41) is 7.90. The maximum atomic E-state index is 13.2. The highest BCUT2D eigenvalue weighted by molar-refractivity contribution is 6.11. The van der Waals surface area contributed by atoms with Crippen LogP contribution < -0.4 is 16.4 Å². The number of nitrogens with zero attached hydrogens (tertiary/aromatic N) is 4. The molecule has 0 saturated carbocycles. The number of rotatable bonds is 4. The molecule has 1 amide bonds. The van der Waals surface area contributed by atoms with Crippen LogP contribution in [0.3, 0.4) is 0 Å². The zero-order valence-corrected chi connectivity index (χ0v) is 17.8. The summed E-state index contributed by atoms with van der Waals surface area (Å²) in [7, 11) is 1.76. The van der Waals surface area contributed by atoms with Gasteiger partial charge in [-0.25, -0.2) is 9.36 Å². The van der Waals surface area contributed by atoms with E-state index in [1.54, 1.807) is 42.9 Å². The molecule has 31 heavy (non-hydrogen) atoms. The van der Waals surface area contributed by atoms with Crippen LogP contribution in [0.4, 0.5) is 5.69 Å². The van der Waals surface area contributed by atoms with Crippen molar-refractivity contribution >= 4 is 22.4 Å². The zero-order valence-electron chi connectivity index (χ0n) is 17.8. The van der Waals surface area contributed by atoms with Crippen molar-refractivity contribution in [3.8, 4) is 5.69 Å². The summed E-state index contributed by atoms with van der Waals surface area (Å²) >= 11 is 0. The molecule has 4 aromatic rings. The van der Waals surface area contributed by atoms with Crippen LogP contribution in [0.15, 0.2) is 64.2 Å². The Labute approximate surface area is 178 Å². The van der Waals surface area contributed by atoms with Gasteiger partial charge in [0.15, 0.2) is 5.69 Å². The number of benzene rings is 2. The Kier molecular flexibility index (Phi) is 5.06. The van der Waals surface area contributed by atoms with E-state index >= 15 is 0 Å². The molecule has 0 aliphatic heterocycles. The Bertz CT molecular complexity index is 1410. The average molecular weight is 417 g/mol. The average Bonchev–Trinajstić information content (AvgIpc) is 2.97. The molecular formula is C23H23N5O3. The number of para-hydroxylation sites is 1. The van der Waals surface area contributed by atoms with Crippen molar-refractivity contribution in [2.75, 3.05) is 5.32 Å². The van der Waals surface area contributed by atoms with Gasteiger partial charge in [-0.1, -0.05) is 36.4 Å². The number of nitrogens with one attached hydrogen (secondary N) is 1. The zero-order chi connectivity index (χ0) is 22.3. The molecule has 8 heteroatoms. The van der Waals surface area contributed by atoms with E-state index in [1.807, 2.05) is 44.2 Å². The lowest BCUT2D eigenvalue weighted by atomic mass is 10.1. The maximum absolute atomic E-state index is 13.2. The third-order valence-corrected chi connectivity index (χ3v) is 5.33. The molecule has 0 bridgehead atoms. The van der Waals surface area contributed by atoms with Crippen LogP contribution >= 0.6 is 0 Å². The Morgan fingerprint density at radius 1 is 0.935 bits per heavy atom. The molecule has 4 rings (SSSR count). The molecule has 2 heterocycles. The second-order valence-corrected chi connectivity index (χ2v) is 7.63. The Morgan fingerprint density at radius 3 is 2.19 bits per heavy atom. The second-order valence-electron chi connectivity index (χ2n) is 7.63. The fraction of sp³-hybridized carbons (Fsp3) is 0.217. The van der Waals surface area contributed by atoms with Gasteiger partial charge < -0.3 is 5.32 Å². The molecule has 0 atom stereocenters. The van der Waals surface area contributed by atoms with Gasteiger partial charge in [-0.3, -0.25) is 19.1 Å². The number of carbonyl (C=O) groups is 1. The van der Waals surface area contributed by atoms with Gasteiger partial charge >= 0.3 is 0 Å². The van der Waals surface area contributed by atoms with Crippen LogP contribution in [-0.4, -0.2) is 25.1 Å². The fourth-order valence-corrected chi connectivity index (χ4v) is 3.61. The smallest absolute Gasteiger partial charge is 0.295 e. The molecule has 0 radical (unpaired) electrons. The minimum Gasteiger partial charge on any atom is -0.314 e. The molecule has 0 saturated heterocycles. The predicted octanol–water partition coefficient (Wildman–Crippen LogP) is 3.03. The molecule has 0 spiro atoms. The Balaban J connectivity index is 1.84. The van der Waals surface area contributed by atoms with Crippen molar-refractivity contribution in [1.82, 2.24) is 19.1 Å². The molecule has 1 N–H and O–H groups in total. The summed E-state index contributed by atoms with van der Waals surface area (Å²) in [5.41, 5.74) is 0.951. The molecule has 0 aliphatic rings. The largest absolute Gasteiger partial charge is 0.314 e. The summed E-state index contributed by atoms with van der Waals surface area (Å²) in [6.45, 7) is 5.41.